The summed E-state index contributed by atoms with van der Waals surface area (Å²) in [6.07, 6.45) is 1.41. The van der Waals surface area contributed by atoms with Crippen molar-refractivity contribution in [3.05, 3.63) is 32.7 Å². The normalized spacial score (nSPS) is 11.7. The number of nitrogens with zero attached hydrogens (tertiary/aromatic N) is 3. The largest absolute Gasteiger partial charge is 0.340 e. The maximum Gasteiger partial charge on any atom is 0.300 e. The van der Waals surface area contributed by atoms with E-state index in [1.54, 1.807) is 0 Å². The zero-order chi connectivity index (χ0) is 14.8. The maximum absolute atomic E-state index is 11.9. The predicted octanol–water partition coefficient (Wildman–Crippen LogP) is 1.21. The van der Waals surface area contributed by atoms with Gasteiger partial charge in [0.1, 0.15) is 4.21 Å². The molecule has 0 atom stereocenters. The zero-order valence-electron chi connectivity index (χ0n) is 9.65. The monoisotopic (exact) mass is 338 g/mol. The molecule has 0 aliphatic rings. The lowest BCUT2D eigenvalue weighted by molar-refractivity contribution is -0.384. The molecule has 2 aromatic heterocycles. The Kier molecular flexibility index (Phi) is 4.32. The second kappa shape index (κ2) is 5.83. The van der Waals surface area contributed by atoms with Gasteiger partial charge in [-0.1, -0.05) is 16.8 Å². The van der Waals surface area contributed by atoms with Crippen molar-refractivity contribution < 1.29 is 17.9 Å². The third-order valence-corrected chi connectivity index (χ3v) is 5.42. The van der Waals surface area contributed by atoms with E-state index < -0.39 is 20.6 Å². The predicted molar refractivity (Wildman–Crippen MR) is 69.2 cm³/mol. The molecule has 2 heterocycles. The van der Waals surface area contributed by atoms with Crippen molar-refractivity contribution in [2.75, 3.05) is 6.54 Å². The summed E-state index contributed by atoms with van der Waals surface area (Å²) in [6, 6.07) is 0.919. The van der Waals surface area contributed by atoms with Crippen LogP contribution < -0.4 is 4.72 Å². The van der Waals surface area contributed by atoms with Gasteiger partial charge in [0.2, 0.25) is 15.9 Å². The fourth-order valence-electron chi connectivity index (χ4n) is 1.26. The molecule has 1 N–H and O–H groups in total. The summed E-state index contributed by atoms with van der Waals surface area (Å²) >= 11 is 6.23. The Morgan fingerprint density at radius 2 is 2.30 bits per heavy atom. The van der Waals surface area contributed by atoms with Gasteiger partial charge in [0.15, 0.2) is 10.7 Å². The first-order valence-electron chi connectivity index (χ1n) is 5.09. The van der Waals surface area contributed by atoms with E-state index in [4.69, 9.17) is 16.1 Å². The summed E-state index contributed by atoms with van der Waals surface area (Å²) in [5.41, 5.74) is -0.436. The van der Waals surface area contributed by atoms with Crippen molar-refractivity contribution >= 4 is 38.6 Å². The van der Waals surface area contributed by atoms with Crippen LogP contribution in [0.5, 0.6) is 0 Å². The molecule has 20 heavy (non-hydrogen) atoms. The van der Waals surface area contributed by atoms with Crippen LogP contribution in [-0.2, 0) is 16.4 Å². The van der Waals surface area contributed by atoms with E-state index in [0.29, 0.717) is 11.3 Å². The highest BCUT2D eigenvalue weighted by molar-refractivity contribution is 7.91. The van der Waals surface area contributed by atoms with Crippen LogP contribution in [0.25, 0.3) is 0 Å². The van der Waals surface area contributed by atoms with Crippen molar-refractivity contribution in [1.29, 1.82) is 0 Å². The first-order valence-corrected chi connectivity index (χ1v) is 7.77. The van der Waals surface area contributed by atoms with Gasteiger partial charge in [-0.2, -0.15) is 4.98 Å². The van der Waals surface area contributed by atoms with E-state index in [2.05, 4.69) is 14.9 Å². The fourth-order valence-corrected chi connectivity index (χ4v) is 4.01. The second-order valence-electron chi connectivity index (χ2n) is 3.46. The summed E-state index contributed by atoms with van der Waals surface area (Å²) in [4.78, 5) is 13.6. The summed E-state index contributed by atoms with van der Waals surface area (Å²) in [5, 5.41) is 14.0. The van der Waals surface area contributed by atoms with Gasteiger partial charge in [0, 0.05) is 19.0 Å². The molecule has 0 amide bonds. The minimum atomic E-state index is -3.86. The Morgan fingerprint density at radius 1 is 1.55 bits per heavy atom. The number of hydrogen-bond acceptors (Lipinski definition) is 8. The van der Waals surface area contributed by atoms with Gasteiger partial charge in [-0.05, 0) is 0 Å². The number of nitrogens with one attached hydrogen (secondary N) is 1. The third kappa shape index (κ3) is 3.30. The number of halogens is 1. The zero-order valence-corrected chi connectivity index (χ0v) is 12.0. The lowest BCUT2D eigenvalue weighted by Crippen LogP contribution is -2.25. The standard InChI is InChI=1S/C8H7ClN4O5S2/c9-8-5(13(14)15)3-7(19-8)20(16,17)12-2-1-6-10-4-11-18-6/h3-4,12H,1-2H2. The van der Waals surface area contributed by atoms with Crippen LogP contribution in [0.2, 0.25) is 4.34 Å². The molecule has 0 aliphatic heterocycles. The van der Waals surface area contributed by atoms with Gasteiger partial charge in [-0.3, -0.25) is 10.1 Å². The molecule has 0 aromatic carbocycles. The third-order valence-electron chi connectivity index (χ3n) is 2.15. The number of aromatic nitrogens is 2. The molecule has 0 spiro atoms. The van der Waals surface area contributed by atoms with Crippen LogP contribution >= 0.6 is 22.9 Å². The smallest absolute Gasteiger partial charge is 0.300 e. The Hall–Kier alpha value is -1.56. The van der Waals surface area contributed by atoms with Crippen molar-refractivity contribution in [3.8, 4) is 0 Å². The summed E-state index contributed by atoms with van der Waals surface area (Å²) < 4.78 is 30.4. The number of hydrogen-bond donors (Lipinski definition) is 1. The second-order valence-corrected chi connectivity index (χ2v) is 7.11. The van der Waals surface area contributed by atoms with Crippen molar-refractivity contribution in [1.82, 2.24) is 14.9 Å². The molecule has 0 aliphatic carbocycles. The molecule has 2 aromatic rings. The minimum absolute atomic E-state index is 0.0217. The van der Waals surface area contributed by atoms with E-state index in [9.17, 15) is 18.5 Å². The molecule has 0 saturated heterocycles. The van der Waals surface area contributed by atoms with Crippen LogP contribution in [0.4, 0.5) is 5.69 Å². The van der Waals surface area contributed by atoms with Gasteiger partial charge in [-0.25, -0.2) is 13.1 Å². The van der Waals surface area contributed by atoms with Crippen LogP contribution in [0.15, 0.2) is 21.1 Å². The molecule has 108 valence electrons. The van der Waals surface area contributed by atoms with Gasteiger partial charge in [0.05, 0.1) is 4.92 Å². The van der Waals surface area contributed by atoms with Gasteiger partial charge in [-0.15, -0.1) is 11.3 Å². The van der Waals surface area contributed by atoms with Crippen LogP contribution in [0.3, 0.4) is 0 Å². The minimum Gasteiger partial charge on any atom is -0.340 e. The highest BCUT2D eigenvalue weighted by Crippen LogP contribution is 2.35. The van der Waals surface area contributed by atoms with Gasteiger partial charge < -0.3 is 4.52 Å². The molecule has 0 saturated carbocycles. The fraction of sp³-hybridized carbons (Fsp3) is 0.250. The number of rotatable bonds is 6. The van der Waals surface area contributed by atoms with Crippen molar-refractivity contribution in [2.24, 2.45) is 0 Å². The Balaban J connectivity index is 2.06. The molecular formula is C8H7ClN4O5S2. The van der Waals surface area contributed by atoms with E-state index in [1.807, 2.05) is 0 Å². The first kappa shape index (κ1) is 14.8. The molecule has 12 heteroatoms. The van der Waals surface area contributed by atoms with E-state index in [-0.39, 0.29) is 27.4 Å². The first-order chi connectivity index (χ1) is 9.40. The summed E-state index contributed by atoms with van der Waals surface area (Å²) in [7, 11) is -3.86. The molecule has 0 radical (unpaired) electrons. The molecule has 9 nitrogen and oxygen atoms in total. The molecule has 2 rings (SSSR count). The lowest BCUT2D eigenvalue weighted by Gasteiger charge is -2.01. The average molecular weight is 339 g/mol. The average Bonchev–Trinajstić information content (AvgIpc) is 2.98. The van der Waals surface area contributed by atoms with Crippen LogP contribution in [0.1, 0.15) is 5.89 Å². The van der Waals surface area contributed by atoms with Crippen molar-refractivity contribution in [2.45, 2.75) is 10.6 Å². The van der Waals surface area contributed by atoms with Gasteiger partial charge >= 0.3 is 0 Å². The number of sulfonamides is 1. The Bertz CT molecular complexity index is 711. The Labute approximate surface area is 121 Å². The molecular weight excluding hydrogens is 332 g/mol. The number of thiophene rings is 1. The SMILES string of the molecule is O=[N+]([O-])c1cc(S(=O)(=O)NCCc2ncno2)sc1Cl. The maximum atomic E-state index is 11.9. The quantitative estimate of drug-likeness (QED) is 0.619. The number of nitro groups is 1. The Morgan fingerprint density at radius 3 is 2.85 bits per heavy atom. The van der Waals surface area contributed by atoms with E-state index in [1.165, 1.54) is 6.33 Å². The highest BCUT2D eigenvalue weighted by atomic mass is 35.5. The topological polar surface area (TPSA) is 128 Å². The van der Waals surface area contributed by atoms with Crippen LogP contribution in [-0.4, -0.2) is 30.0 Å². The summed E-state index contributed by atoms with van der Waals surface area (Å²) in [5.74, 6) is 0.280. The molecule has 0 unspecified atom stereocenters. The van der Waals surface area contributed by atoms with Crippen LogP contribution in [0, 0.1) is 10.1 Å². The highest BCUT2D eigenvalue weighted by Gasteiger charge is 2.25. The molecule has 0 fully saturated rings. The summed E-state index contributed by atoms with van der Waals surface area (Å²) in [6.45, 7) is 0.0217. The van der Waals surface area contributed by atoms with E-state index >= 15 is 0 Å². The van der Waals surface area contributed by atoms with Gasteiger partial charge in [0.25, 0.3) is 5.69 Å². The van der Waals surface area contributed by atoms with E-state index in [0.717, 1.165) is 6.07 Å². The molecule has 0 bridgehead atoms. The lowest BCUT2D eigenvalue weighted by atomic mass is 10.4. The van der Waals surface area contributed by atoms with Crippen molar-refractivity contribution in [3.63, 3.8) is 0 Å².